The quantitative estimate of drug-likeness (QED) is 0.909. The Kier molecular flexibility index (Phi) is 3.76. The van der Waals surface area contributed by atoms with E-state index in [2.05, 4.69) is 5.32 Å². The number of amides is 2. The number of primary amides is 1. The van der Waals surface area contributed by atoms with Crippen molar-refractivity contribution < 1.29 is 13.2 Å². The first-order valence-electron chi connectivity index (χ1n) is 5.88. The minimum atomic E-state index is -3.71. The fourth-order valence-corrected chi connectivity index (χ4v) is 3.37. The van der Waals surface area contributed by atoms with Gasteiger partial charge in [-0.1, -0.05) is 24.3 Å². The minimum Gasteiger partial charge on any atom is -0.351 e. The van der Waals surface area contributed by atoms with E-state index in [4.69, 9.17) is 5.73 Å². The standard InChI is InChI=1S/C14H14N2O3S/c1-10-5-4-6-11(9-10)20(18,19)13-8-3-2-7-12(13)16-14(15)17/h2-9H,1H3,(H3,15,16,17). The molecule has 0 radical (unpaired) electrons. The van der Waals surface area contributed by atoms with E-state index in [1.807, 2.05) is 13.0 Å². The minimum absolute atomic E-state index is 0.0180. The van der Waals surface area contributed by atoms with Gasteiger partial charge >= 0.3 is 6.03 Å². The van der Waals surface area contributed by atoms with Gasteiger partial charge in [0.05, 0.1) is 15.5 Å². The number of rotatable bonds is 3. The van der Waals surface area contributed by atoms with Crippen LogP contribution in [0.3, 0.4) is 0 Å². The number of aryl methyl sites for hydroxylation is 1. The number of para-hydroxylation sites is 1. The van der Waals surface area contributed by atoms with Gasteiger partial charge in [0, 0.05) is 0 Å². The van der Waals surface area contributed by atoms with Gasteiger partial charge < -0.3 is 11.1 Å². The van der Waals surface area contributed by atoms with Crippen LogP contribution in [0.2, 0.25) is 0 Å². The molecule has 104 valence electrons. The summed E-state index contributed by atoms with van der Waals surface area (Å²) in [5.41, 5.74) is 6.06. The van der Waals surface area contributed by atoms with E-state index < -0.39 is 15.9 Å². The first kappa shape index (κ1) is 14.1. The van der Waals surface area contributed by atoms with Gasteiger partial charge in [-0.05, 0) is 36.8 Å². The Morgan fingerprint density at radius 2 is 1.80 bits per heavy atom. The molecule has 0 aliphatic rings. The van der Waals surface area contributed by atoms with Crippen LogP contribution in [0.5, 0.6) is 0 Å². The molecule has 0 aromatic heterocycles. The third kappa shape index (κ3) is 2.80. The van der Waals surface area contributed by atoms with Crippen LogP contribution in [0.4, 0.5) is 10.5 Å². The molecule has 2 amide bonds. The molecule has 2 aromatic rings. The normalized spacial score (nSPS) is 11.1. The molecule has 2 aromatic carbocycles. The van der Waals surface area contributed by atoms with Crippen molar-refractivity contribution in [3.8, 4) is 0 Å². The number of anilines is 1. The number of hydrogen-bond donors (Lipinski definition) is 2. The molecule has 0 atom stereocenters. The lowest BCUT2D eigenvalue weighted by Crippen LogP contribution is -2.21. The monoisotopic (exact) mass is 290 g/mol. The number of nitrogens with two attached hydrogens (primary N) is 1. The molecule has 0 spiro atoms. The van der Waals surface area contributed by atoms with Crippen LogP contribution in [0.25, 0.3) is 0 Å². The highest BCUT2D eigenvalue weighted by Gasteiger charge is 2.21. The fraction of sp³-hybridized carbons (Fsp3) is 0.0714. The molecule has 5 nitrogen and oxygen atoms in total. The maximum atomic E-state index is 12.6. The van der Waals surface area contributed by atoms with Crippen LogP contribution in [-0.2, 0) is 9.84 Å². The van der Waals surface area contributed by atoms with Crippen LogP contribution in [0.15, 0.2) is 58.3 Å². The molecule has 20 heavy (non-hydrogen) atoms. The molecule has 2 rings (SSSR count). The average molecular weight is 290 g/mol. The maximum Gasteiger partial charge on any atom is 0.316 e. The summed E-state index contributed by atoms with van der Waals surface area (Å²) in [4.78, 5) is 11.1. The van der Waals surface area contributed by atoms with E-state index >= 15 is 0 Å². The van der Waals surface area contributed by atoms with E-state index in [1.165, 1.54) is 18.2 Å². The predicted molar refractivity (Wildman–Crippen MR) is 76.3 cm³/mol. The lowest BCUT2D eigenvalue weighted by molar-refractivity contribution is 0.259. The van der Waals surface area contributed by atoms with Crippen molar-refractivity contribution in [2.45, 2.75) is 16.7 Å². The highest BCUT2D eigenvalue weighted by Crippen LogP contribution is 2.27. The zero-order valence-electron chi connectivity index (χ0n) is 10.8. The van der Waals surface area contributed by atoms with Crippen molar-refractivity contribution in [2.75, 3.05) is 5.32 Å². The lowest BCUT2D eigenvalue weighted by Gasteiger charge is -2.10. The van der Waals surface area contributed by atoms with Crippen LogP contribution in [-0.4, -0.2) is 14.4 Å². The highest BCUT2D eigenvalue weighted by molar-refractivity contribution is 7.91. The summed E-state index contributed by atoms with van der Waals surface area (Å²) >= 11 is 0. The molecule has 0 aliphatic carbocycles. The molecule has 0 fully saturated rings. The number of benzene rings is 2. The van der Waals surface area contributed by atoms with Crippen LogP contribution in [0.1, 0.15) is 5.56 Å². The summed E-state index contributed by atoms with van der Waals surface area (Å²) < 4.78 is 25.2. The highest BCUT2D eigenvalue weighted by atomic mass is 32.2. The SMILES string of the molecule is Cc1cccc(S(=O)(=O)c2ccccc2NC(N)=O)c1. The smallest absolute Gasteiger partial charge is 0.316 e. The summed E-state index contributed by atoms with van der Waals surface area (Å²) in [6.45, 7) is 1.81. The number of nitrogens with one attached hydrogen (secondary N) is 1. The van der Waals surface area contributed by atoms with Crippen LogP contribution >= 0.6 is 0 Å². The van der Waals surface area contributed by atoms with E-state index in [9.17, 15) is 13.2 Å². The molecule has 0 heterocycles. The van der Waals surface area contributed by atoms with Crippen molar-refractivity contribution in [1.82, 2.24) is 0 Å². The Morgan fingerprint density at radius 3 is 2.45 bits per heavy atom. The fourth-order valence-electron chi connectivity index (χ4n) is 1.85. The lowest BCUT2D eigenvalue weighted by atomic mass is 10.2. The third-order valence-corrected chi connectivity index (χ3v) is 4.54. The van der Waals surface area contributed by atoms with Gasteiger partial charge in [-0.25, -0.2) is 13.2 Å². The van der Waals surface area contributed by atoms with Crippen LogP contribution < -0.4 is 11.1 Å². The number of carbonyl (C=O) groups excluding carboxylic acids is 1. The number of hydrogen-bond acceptors (Lipinski definition) is 3. The molecule has 6 heteroatoms. The zero-order valence-corrected chi connectivity index (χ0v) is 11.6. The summed E-state index contributed by atoms with van der Waals surface area (Å²) in [5.74, 6) is 0. The van der Waals surface area contributed by atoms with E-state index in [0.29, 0.717) is 0 Å². The first-order chi connectivity index (χ1) is 9.41. The Hall–Kier alpha value is -2.34. The molecular formula is C14H14N2O3S. The van der Waals surface area contributed by atoms with Gasteiger partial charge in [-0.2, -0.15) is 0 Å². The van der Waals surface area contributed by atoms with Crippen molar-refractivity contribution >= 4 is 21.6 Å². The molecule has 0 aliphatic heterocycles. The number of urea groups is 1. The number of carbonyl (C=O) groups is 1. The van der Waals surface area contributed by atoms with Gasteiger partial charge in [-0.15, -0.1) is 0 Å². The summed E-state index contributed by atoms with van der Waals surface area (Å²) in [7, 11) is -3.71. The van der Waals surface area contributed by atoms with Gasteiger partial charge in [-0.3, -0.25) is 0 Å². The first-order valence-corrected chi connectivity index (χ1v) is 7.37. The third-order valence-electron chi connectivity index (χ3n) is 2.73. The molecule has 0 saturated carbocycles. The van der Waals surface area contributed by atoms with Gasteiger partial charge in [0.15, 0.2) is 0 Å². The number of sulfone groups is 1. The maximum absolute atomic E-state index is 12.6. The second-order valence-electron chi connectivity index (χ2n) is 4.31. The zero-order chi connectivity index (χ0) is 14.8. The Labute approximate surface area is 117 Å². The second kappa shape index (κ2) is 5.34. The summed E-state index contributed by atoms with van der Waals surface area (Å²) in [6, 6.07) is 11.9. The molecule has 3 N–H and O–H groups in total. The van der Waals surface area contributed by atoms with Gasteiger partial charge in [0.1, 0.15) is 0 Å². The van der Waals surface area contributed by atoms with Gasteiger partial charge in [0.2, 0.25) is 9.84 Å². The molecule has 0 saturated heterocycles. The van der Waals surface area contributed by atoms with Crippen molar-refractivity contribution in [2.24, 2.45) is 5.73 Å². The predicted octanol–water partition coefficient (Wildman–Crippen LogP) is 2.32. The van der Waals surface area contributed by atoms with E-state index in [0.717, 1.165) is 5.56 Å². The van der Waals surface area contributed by atoms with Crippen molar-refractivity contribution in [1.29, 1.82) is 0 Å². The summed E-state index contributed by atoms with van der Waals surface area (Å²) in [6.07, 6.45) is 0. The molecule has 0 unspecified atom stereocenters. The van der Waals surface area contributed by atoms with Crippen molar-refractivity contribution in [3.05, 3.63) is 54.1 Å². The average Bonchev–Trinajstić information content (AvgIpc) is 2.38. The van der Waals surface area contributed by atoms with Crippen LogP contribution in [0, 0.1) is 6.92 Å². The Balaban J connectivity index is 2.58. The van der Waals surface area contributed by atoms with E-state index in [1.54, 1.807) is 24.3 Å². The summed E-state index contributed by atoms with van der Waals surface area (Å²) in [5, 5.41) is 2.32. The van der Waals surface area contributed by atoms with Gasteiger partial charge in [0.25, 0.3) is 0 Å². The van der Waals surface area contributed by atoms with E-state index in [-0.39, 0.29) is 15.5 Å². The molecular weight excluding hydrogens is 276 g/mol. The Bertz CT molecular complexity index is 755. The van der Waals surface area contributed by atoms with Crippen molar-refractivity contribution in [3.63, 3.8) is 0 Å². The topological polar surface area (TPSA) is 89.3 Å². The molecule has 0 bridgehead atoms. The Morgan fingerprint density at radius 1 is 1.10 bits per heavy atom. The largest absolute Gasteiger partial charge is 0.351 e. The second-order valence-corrected chi connectivity index (χ2v) is 6.22.